The molecule has 0 bridgehead atoms. The monoisotopic (exact) mass is 221 g/mol. The van der Waals surface area contributed by atoms with Crippen LogP contribution in [0, 0.1) is 0 Å². The van der Waals surface area contributed by atoms with E-state index in [1.54, 1.807) is 13.8 Å². The number of hydroxylamine groups is 1. The van der Waals surface area contributed by atoms with Crippen molar-refractivity contribution < 1.29 is 24.2 Å². The molecular formula is C9H19NO5. The molecule has 0 aliphatic heterocycles. The van der Waals surface area contributed by atoms with Crippen LogP contribution in [0.3, 0.4) is 0 Å². The predicted molar refractivity (Wildman–Crippen MR) is 52.8 cm³/mol. The molecule has 0 rings (SSSR count). The third-order valence-electron chi connectivity index (χ3n) is 1.77. The van der Waals surface area contributed by atoms with Gasteiger partial charge in [0.15, 0.2) is 6.29 Å². The third-order valence-corrected chi connectivity index (χ3v) is 1.77. The van der Waals surface area contributed by atoms with Gasteiger partial charge in [-0.1, -0.05) is 0 Å². The molecule has 0 fully saturated rings. The van der Waals surface area contributed by atoms with Gasteiger partial charge in [-0.2, -0.15) is 5.48 Å². The van der Waals surface area contributed by atoms with Crippen LogP contribution in [0.15, 0.2) is 0 Å². The van der Waals surface area contributed by atoms with Gasteiger partial charge in [0.1, 0.15) is 5.54 Å². The summed E-state index contributed by atoms with van der Waals surface area (Å²) < 4.78 is 9.47. The second-order valence-corrected chi connectivity index (χ2v) is 3.51. The SMILES string of the molecule is COC(=O)C(C)(C)NOC(CCO)OC. The summed E-state index contributed by atoms with van der Waals surface area (Å²) in [5.41, 5.74) is 1.58. The van der Waals surface area contributed by atoms with E-state index in [0.717, 1.165) is 0 Å². The highest BCUT2D eigenvalue weighted by molar-refractivity contribution is 5.79. The molecule has 0 aromatic rings. The maximum absolute atomic E-state index is 11.2. The van der Waals surface area contributed by atoms with Crippen LogP contribution in [0.2, 0.25) is 0 Å². The van der Waals surface area contributed by atoms with Crippen molar-refractivity contribution in [1.29, 1.82) is 0 Å². The van der Waals surface area contributed by atoms with Gasteiger partial charge in [-0.25, -0.2) is 4.79 Å². The van der Waals surface area contributed by atoms with Crippen molar-refractivity contribution in [2.45, 2.75) is 32.1 Å². The quantitative estimate of drug-likeness (QED) is 0.352. The Bertz CT molecular complexity index is 195. The zero-order valence-electron chi connectivity index (χ0n) is 9.57. The van der Waals surface area contributed by atoms with Crippen LogP contribution in [-0.2, 0) is 19.1 Å². The first-order valence-electron chi connectivity index (χ1n) is 4.62. The second kappa shape index (κ2) is 6.73. The summed E-state index contributed by atoms with van der Waals surface area (Å²) in [5.74, 6) is -0.443. The summed E-state index contributed by atoms with van der Waals surface area (Å²) in [6.45, 7) is 3.17. The van der Waals surface area contributed by atoms with Crippen molar-refractivity contribution >= 4 is 5.97 Å². The van der Waals surface area contributed by atoms with Gasteiger partial charge in [0.2, 0.25) is 0 Å². The average molecular weight is 221 g/mol. The second-order valence-electron chi connectivity index (χ2n) is 3.51. The molecule has 1 unspecified atom stereocenters. The van der Waals surface area contributed by atoms with Gasteiger partial charge in [-0.05, 0) is 13.8 Å². The van der Waals surface area contributed by atoms with Gasteiger partial charge in [0.25, 0.3) is 0 Å². The van der Waals surface area contributed by atoms with E-state index in [2.05, 4.69) is 10.2 Å². The van der Waals surface area contributed by atoms with Crippen LogP contribution < -0.4 is 5.48 Å². The van der Waals surface area contributed by atoms with Crippen molar-refractivity contribution in [3.05, 3.63) is 0 Å². The Morgan fingerprint density at radius 1 is 1.47 bits per heavy atom. The number of methoxy groups -OCH3 is 2. The first kappa shape index (κ1) is 14.3. The van der Waals surface area contributed by atoms with Crippen LogP contribution in [0.1, 0.15) is 20.3 Å². The highest BCUT2D eigenvalue weighted by atomic mass is 16.8. The zero-order valence-corrected chi connectivity index (χ0v) is 9.57. The van der Waals surface area contributed by atoms with Crippen LogP contribution in [0.4, 0.5) is 0 Å². The topological polar surface area (TPSA) is 77.0 Å². The summed E-state index contributed by atoms with van der Waals surface area (Å²) >= 11 is 0. The number of aliphatic hydroxyl groups is 1. The van der Waals surface area contributed by atoms with Crippen LogP contribution in [-0.4, -0.2) is 43.7 Å². The van der Waals surface area contributed by atoms with E-state index in [1.807, 2.05) is 0 Å². The number of hydrogen-bond acceptors (Lipinski definition) is 6. The van der Waals surface area contributed by atoms with E-state index < -0.39 is 17.8 Å². The van der Waals surface area contributed by atoms with E-state index in [0.29, 0.717) is 6.42 Å². The zero-order chi connectivity index (χ0) is 11.9. The lowest BCUT2D eigenvalue weighted by Gasteiger charge is -2.25. The Balaban J connectivity index is 4.05. The smallest absolute Gasteiger partial charge is 0.327 e. The fraction of sp³-hybridized carbons (Fsp3) is 0.889. The van der Waals surface area contributed by atoms with E-state index in [-0.39, 0.29) is 6.61 Å². The normalized spacial score (nSPS) is 13.7. The number of hydrogen-bond donors (Lipinski definition) is 2. The summed E-state index contributed by atoms with van der Waals surface area (Å²) in [6, 6.07) is 0. The minimum atomic E-state index is -0.957. The van der Waals surface area contributed by atoms with E-state index >= 15 is 0 Å². The fourth-order valence-electron chi connectivity index (χ4n) is 0.840. The van der Waals surface area contributed by atoms with E-state index in [4.69, 9.17) is 14.7 Å². The summed E-state index contributed by atoms with van der Waals surface area (Å²) in [7, 11) is 2.75. The van der Waals surface area contributed by atoms with Crippen molar-refractivity contribution in [3.63, 3.8) is 0 Å². The molecule has 1 atom stereocenters. The van der Waals surface area contributed by atoms with Gasteiger partial charge in [0.05, 0.1) is 7.11 Å². The van der Waals surface area contributed by atoms with Crippen LogP contribution >= 0.6 is 0 Å². The van der Waals surface area contributed by atoms with Gasteiger partial charge < -0.3 is 14.6 Å². The van der Waals surface area contributed by atoms with E-state index in [9.17, 15) is 4.79 Å². The third kappa shape index (κ3) is 5.08. The summed E-state index contributed by atoms with van der Waals surface area (Å²) in [6.07, 6.45) is -0.278. The van der Waals surface area contributed by atoms with Crippen molar-refractivity contribution in [3.8, 4) is 0 Å². The molecule has 0 aliphatic rings. The molecule has 0 spiro atoms. The number of nitrogens with one attached hydrogen (secondary N) is 1. The van der Waals surface area contributed by atoms with Crippen LogP contribution in [0.25, 0.3) is 0 Å². The molecule has 0 saturated heterocycles. The lowest BCUT2D eigenvalue weighted by Crippen LogP contribution is -2.49. The molecule has 0 radical (unpaired) electrons. The fourth-order valence-corrected chi connectivity index (χ4v) is 0.840. The minimum Gasteiger partial charge on any atom is -0.468 e. The lowest BCUT2D eigenvalue weighted by atomic mass is 10.1. The van der Waals surface area contributed by atoms with Gasteiger partial charge in [-0.15, -0.1) is 0 Å². The molecule has 6 heteroatoms. The molecule has 0 saturated carbocycles. The van der Waals surface area contributed by atoms with E-state index in [1.165, 1.54) is 14.2 Å². The molecule has 90 valence electrons. The van der Waals surface area contributed by atoms with Crippen LogP contribution in [0.5, 0.6) is 0 Å². The van der Waals surface area contributed by atoms with Crippen molar-refractivity contribution in [1.82, 2.24) is 5.48 Å². The van der Waals surface area contributed by atoms with Gasteiger partial charge >= 0.3 is 5.97 Å². The maximum Gasteiger partial charge on any atom is 0.327 e. The van der Waals surface area contributed by atoms with Gasteiger partial charge in [0, 0.05) is 20.1 Å². The number of aliphatic hydroxyl groups excluding tert-OH is 1. The average Bonchev–Trinajstić information content (AvgIpc) is 2.22. The number of carbonyl (C=O) groups is 1. The first-order chi connectivity index (χ1) is 6.97. The Morgan fingerprint density at radius 2 is 2.07 bits per heavy atom. The Labute approximate surface area is 89.5 Å². The Hall–Kier alpha value is -0.690. The number of ether oxygens (including phenoxy) is 2. The largest absolute Gasteiger partial charge is 0.468 e. The number of esters is 1. The molecule has 0 heterocycles. The van der Waals surface area contributed by atoms with Gasteiger partial charge in [-0.3, -0.25) is 4.84 Å². The summed E-state index contributed by atoms with van der Waals surface area (Å²) in [4.78, 5) is 16.3. The lowest BCUT2D eigenvalue weighted by molar-refractivity contribution is -0.197. The molecule has 0 aromatic heterocycles. The van der Waals surface area contributed by atoms with Crippen molar-refractivity contribution in [2.24, 2.45) is 0 Å². The summed E-state index contributed by atoms with van der Waals surface area (Å²) in [5, 5.41) is 8.67. The maximum atomic E-state index is 11.2. The standard InChI is InChI=1S/C9H19NO5/c1-9(2,8(12)14-4)10-15-7(13-3)5-6-11/h7,10-11H,5-6H2,1-4H3. The highest BCUT2D eigenvalue weighted by Crippen LogP contribution is 2.06. The minimum absolute atomic E-state index is 0.0567. The molecule has 6 nitrogen and oxygen atoms in total. The highest BCUT2D eigenvalue weighted by Gasteiger charge is 2.29. The number of carbonyl (C=O) groups excluding carboxylic acids is 1. The molecule has 15 heavy (non-hydrogen) atoms. The Kier molecular flexibility index (Phi) is 6.42. The molecular weight excluding hydrogens is 202 g/mol. The molecule has 2 N–H and O–H groups in total. The van der Waals surface area contributed by atoms with Crippen molar-refractivity contribution in [2.75, 3.05) is 20.8 Å². The number of rotatable bonds is 7. The molecule has 0 amide bonds. The molecule has 0 aromatic carbocycles. The first-order valence-corrected chi connectivity index (χ1v) is 4.62. The predicted octanol–water partition coefficient (Wildman–Crippen LogP) is -0.186. The Morgan fingerprint density at radius 3 is 2.47 bits per heavy atom. The molecule has 0 aliphatic carbocycles.